The summed E-state index contributed by atoms with van der Waals surface area (Å²) >= 11 is 6.48. The Bertz CT molecular complexity index is 2200. The van der Waals surface area contributed by atoms with Crippen molar-refractivity contribution in [2.45, 2.75) is 57.0 Å². The summed E-state index contributed by atoms with van der Waals surface area (Å²) in [5.41, 5.74) is 4.15. The molecule has 1 amide bonds. The molecule has 6 atom stereocenters. The molecule has 1 fully saturated rings. The largest absolute Gasteiger partial charge is 0.497 e. The number of carbonyl (C=O) groups excluding carboxylic acids is 1. The van der Waals surface area contributed by atoms with Crippen LogP contribution in [0.5, 0.6) is 11.5 Å². The topological polar surface area (TPSA) is 115 Å². The molecule has 3 aromatic carbocycles. The number of amides is 1. The number of fused-ring (bicyclic) bond motifs is 5. The zero-order valence-electron chi connectivity index (χ0n) is 30.4. The highest BCUT2D eigenvalue weighted by Crippen LogP contribution is 2.47. The van der Waals surface area contributed by atoms with E-state index in [9.17, 15) is 9.00 Å². The van der Waals surface area contributed by atoms with Crippen LogP contribution in [0.1, 0.15) is 60.5 Å². The Morgan fingerprint density at radius 3 is 2.77 bits per heavy atom. The Morgan fingerprint density at radius 1 is 1.08 bits per heavy atom. The maximum Gasteiger partial charge on any atom is 0.286 e. The molecule has 10 nitrogen and oxygen atoms in total. The summed E-state index contributed by atoms with van der Waals surface area (Å²) in [6, 6.07) is 17.2. The molecule has 0 radical (unpaired) electrons. The van der Waals surface area contributed by atoms with Gasteiger partial charge in [0.2, 0.25) is 0 Å². The highest BCUT2D eigenvalue weighted by Gasteiger charge is 2.44. The summed E-state index contributed by atoms with van der Waals surface area (Å²) in [6.45, 7) is 4.08. The van der Waals surface area contributed by atoms with Crippen molar-refractivity contribution in [1.29, 1.82) is 0 Å². The van der Waals surface area contributed by atoms with Crippen LogP contribution in [0.25, 0.3) is 10.9 Å². The highest BCUT2D eigenvalue weighted by molar-refractivity contribution is 7.95. The first-order valence-electron chi connectivity index (χ1n) is 18.5. The van der Waals surface area contributed by atoms with Crippen LogP contribution in [0.4, 0.5) is 11.5 Å². The molecule has 8 rings (SSSR count). The molecule has 3 heterocycles. The van der Waals surface area contributed by atoms with E-state index in [1.807, 2.05) is 31.2 Å². The fourth-order valence-electron chi connectivity index (χ4n) is 8.76. The van der Waals surface area contributed by atoms with E-state index in [1.54, 1.807) is 32.4 Å². The maximum atomic E-state index is 14.9. The molecule has 2 aliphatic carbocycles. The van der Waals surface area contributed by atoms with E-state index in [1.165, 1.54) is 17.5 Å². The quantitative estimate of drug-likeness (QED) is 0.208. The summed E-state index contributed by atoms with van der Waals surface area (Å²) in [7, 11) is 0.00828. The molecular weight excluding hydrogens is 710 g/mol. The van der Waals surface area contributed by atoms with E-state index in [0.29, 0.717) is 52.9 Å². The summed E-state index contributed by atoms with van der Waals surface area (Å²) in [6.07, 6.45) is 11.5. The van der Waals surface area contributed by atoms with Gasteiger partial charge in [0.25, 0.3) is 5.91 Å². The van der Waals surface area contributed by atoms with Gasteiger partial charge in [-0.05, 0) is 110 Å². The average Bonchev–Trinajstić information content (AvgIpc) is 3.28. The zero-order chi connectivity index (χ0) is 36.7. The molecule has 53 heavy (non-hydrogen) atoms. The number of benzene rings is 3. The van der Waals surface area contributed by atoms with Crippen molar-refractivity contribution in [1.82, 2.24) is 9.97 Å². The van der Waals surface area contributed by atoms with E-state index in [0.717, 1.165) is 61.7 Å². The molecular formula is C41H46ClN5O5S. The van der Waals surface area contributed by atoms with Crippen molar-refractivity contribution in [3.8, 4) is 11.5 Å². The number of rotatable bonds is 4. The molecule has 2 bridgehead atoms. The Labute approximate surface area is 316 Å². The normalized spacial score (nSPS) is 29.1. The van der Waals surface area contributed by atoms with Crippen LogP contribution >= 0.6 is 11.6 Å². The molecule has 1 N–H and O–H groups in total. The van der Waals surface area contributed by atoms with Gasteiger partial charge >= 0.3 is 0 Å². The van der Waals surface area contributed by atoms with Gasteiger partial charge in [-0.1, -0.05) is 36.7 Å². The first-order chi connectivity index (χ1) is 25.7. The number of hydrogen-bond acceptors (Lipinski definition) is 8. The Hall–Kier alpha value is -4.19. The summed E-state index contributed by atoms with van der Waals surface area (Å²) in [4.78, 5) is 25.5. The first kappa shape index (κ1) is 35.8. The highest BCUT2D eigenvalue weighted by atomic mass is 35.5. The van der Waals surface area contributed by atoms with Crippen LogP contribution in [-0.4, -0.2) is 65.9 Å². The third-order valence-corrected chi connectivity index (χ3v) is 13.8. The van der Waals surface area contributed by atoms with Gasteiger partial charge in [-0.3, -0.25) is 9.52 Å². The third kappa shape index (κ3) is 7.11. The van der Waals surface area contributed by atoms with Crippen molar-refractivity contribution < 1.29 is 23.2 Å². The summed E-state index contributed by atoms with van der Waals surface area (Å²) in [5.74, 6) is 1.97. The van der Waals surface area contributed by atoms with Crippen molar-refractivity contribution in [3.05, 3.63) is 94.8 Å². The number of ether oxygens (including phenoxy) is 3. The number of carbonyl (C=O) groups is 1. The number of nitrogens with zero attached hydrogens (tertiary/aromatic N) is 4. The van der Waals surface area contributed by atoms with Crippen molar-refractivity contribution in [2.75, 3.05) is 49.3 Å². The van der Waals surface area contributed by atoms with Crippen LogP contribution < -0.4 is 19.1 Å². The van der Waals surface area contributed by atoms with Gasteiger partial charge in [-0.15, -0.1) is 4.36 Å². The molecule has 12 heteroatoms. The minimum atomic E-state index is -3.37. The second-order valence-corrected chi connectivity index (χ2v) is 17.6. The number of halogens is 1. The summed E-state index contributed by atoms with van der Waals surface area (Å²) in [5, 5.41) is 1.40. The molecule has 1 saturated carbocycles. The smallest absolute Gasteiger partial charge is 0.286 e. The molecule has 1 aromatic heterocycles. The maximum absolute atomic E-state index is 14.9. The van der Waals surface area contributed by atoms with Crippen molar-refractivity contribution >= 4 is 49.8 Å². The Kier molecular flexibility index (Phi) is 9.84. The van der Waals surface area contributed by atoms with Crippen LogP contribution in [0.15, 0.2) is 77.4 Å². The monoisotopic (exact) mass is 755 g/mol. The van der Waals surface area contributed by atoms with Crippen molar-refractivity contribution in [3.63, 3.8) is 0 Å². The number of anilines is 2. The minimum Gasteiger partial charge on any atom is -0.497 e. The number of nitrogens with one attached hydrogen (secondary N) is 1. The SMILES string of the molecule is COc1ccc2c(N[S@@]3(=O)=NC(=O)c4ccc5c(c4)N(C[C@@H]4CC[C@H]4[C@@H](OC)/C=C/C[C@H](C)C3)C[C@@]3(CCCc4cc(Cl)ccc43)CO5)ncnc2c1. The molecule has 0 saturated heterocycles. The third-order valence-electron chi connectivity index (χ3n) is 11.6. The lowest BCUT2D eigenvalue weighted by Crippen LogP contribution is -2.49. The fourth-order valence-corrected chi connectivity index (χ4v) is 10.9. The van der Waals surface area contributed by atoms with Crippen LogP contribution in [0.2, 0.25) is 5.02 Å². The van der Waals surface area contributed by atoms with E-state index in [2.05, 4.69) is 48.2 Å². The molecule has 278 valence electrons. The van der Waals surface area contributed by atoms with Crippen LogP contribution in [-0.2, 0) is 26.5 Å². The van der Waals surface area contributed by atoms with E-state index in [4.69, 9.17) is 25.8 Å². The van der Waals surface area contributed by atoms with Gasteiger partial charge in [0.1, 0.15) is 33.6 Å². The van der Waals surface area contributed by atoms with E-state index < -0.39 is 15.8 Å². The lowest BCUT2D eigenvalue weighted by molar-refractivity contribution is 0.0131. The molecule has 2 aliphatic heterocycles. The zero-order valence-corrected chi connectivity index (χ0v) is 32.0. The summed E-state index contributed by atoms with van der Waals surface area (Å²) < 4.78 is 40.7. The Balaban J connectivity index is 1.22. The fraction of sp³-hybridized carbons (Fsp3) is 0.439. The lowest BCUT2D eigenvalue weighted by Gasteiger charge is -2.46. The Morgan fingerprint density at radius 2 is 1.96 bits per heavy atom. The average molecular weight is 756 g/mol. The van der Waals surface area contributed by atoms with Gasteiger partial charge in [-0.25, -0.2) is 14.2 Å². The number of aromatic nitrogens is 2. The standard InChI is InChI=1S/C41H46ClN5O5S/c1-26-6-4-8-37(51-3)32-13-9-29(32)21-47-23-41(17-5-7-27-18-30(42)11-15-34(27)41)24-52-38-16-10-28(19-36(38)47)40(48)46-53(49,22-26)45-39-33-14-12-31(50-2)20-35(33)43-25-44-39/h4,8,10-12,14-16,18-20,25-26,29,32,37H,5-7,9,13,17,21-24H2,1-3H3,(H,43,44,45,46,48,49)/b8-4+/t26-,29-,32+,37-,41-,53+/m0/s1. The molecule has 4 aromatic rings. The van der Waals surface area contributed by atoms with Gasteiger partial charge in [0.05, 0.1) is 36.8 Å². The number of allylic oxidation sites excluding steroid dienone is 1. The molecule has 0 unspecified atom stereocenters. The molecule has 1 spiro atoms. The molecule has 4 aliphatic rings. The predicted octanol–water partition coefficient (Wildman–Crippen LogP) is 8.04. The van der Waals surface area contributed by atoms with E-state index in [-0.39, 0.29) is 23.2 Å². The van der Waals surface area contributed by atoms with Gasteiger partial charge in [-0.2, -0.15) is 0 Å². The first-order valence-corrected chi connectivity index (χ1v) is 20.6. The van der Waals surface area contributed by atoms with Gasteiger partial charge in [0, 0.05) is 47.7 Å². The minimum absolute atomic E-state index is 0.0347. The van der Waals surface area contributed by atoms with Crippen molar-refractivity contribution in [2.24, 2.45) is 22.1 Å². The number of hydrogen-bond donors (Lipinski definition) is 1. The number of methoxy groups -OCH3 is 2. The van der Waals surface area contributed by atoms with E-state index >= 15 is 0 Å². The second kappa shape index (κ2) is 14.6. The number of aryl methyl sites for hydroxylation is 1. The predicted molar refractivity (Wildman–Crippen MR) is 210 cm³/mol. The second-order valence-electron chi connectivity index (χ2n) is 15.2. The van der Waals surface area contributed by atoms with Gasteiger partial charge in [0.15, 0.2) is 0 Å². The van der Waals surface area contributed by atoms with Crippen LogP contribution in [0.3, 0.4) is 0 Å². The van der Waals surface area contributed by atoms with Crippen LogP contribution in [0, 0.1) is 17.8 Å². The van der Waals surface area contributed by atoms with Gasteiger partial charge < -0.3 is 19.1 Å². The lowest BCUT2D eigenvalue weighted by atomic mass is 9.68.